The van der Waals surface area contributed by atoms with Gasteiger partial charge in [-0.3, -0.25) is 21.3 Å². The number of carbonyl (C=O) groups is 4. The van der Waals surface area contributed by atoms with Crippen molar-refractivity contribution in [3.05, 3.63) is 237 Å². The summed E-state index contributed by atoms with van der Waals surface area (Å²) in [6, 6.07) is 54.6. The molecule has 0 saturated carbocycles. The zero-order valence-electron chi connectivity index (χ0n) is 71.2. The van der Waals surface area contributed by atoms with Crippen molar-refractivity contribution >= 4 is 47.1 Å². The van der Waals surface area contributed by atoms with E-state index in [1.807, 2.05) is 72.8 Å². The van der Waals surface area contributed by atoms with Gasteiger partial charge in [-0.2, -0.15) is 0 Å². The van der Waals surface area contributed by atoms with E-state index in [2.05, 4.69) is 248 Å². The number of amides is 4. The average Bonchev–Trinajstić information content (AvgIpc) is 0.760. The maximum absolute atomic E-state index is 12.5. The molecule has 1 aliphatic rings. The van der Waals surface area contributed by atoms with Gasteiger partial charge in [-0.1, -0.05) is 228 Å². The number of benzene rings is 8. The van der Waals surface area contributed by atoms with E-state index >= 15 is 0 Å². The Kier molecular flexibility index (Phi) is 34.6. The van der Waals surface area contributed by atoms with Crippen LogP contribution in [-0.4, -0.2) is 77.2 Å². The first-order valence-corrected chi connectivity index (χ1v) is 40.7. The fourth-order valence-corrected chi connectivity index (χ4v) is 12.5. The molecule has 0 radical (unpaired) electrons. The Balaban J connectivity index is 1.13. The van der Waals surface area contributed by atoms with Crippen molar-refractivity contribution in [3.63, 3.8) is 0 Å². The SMILES string of the molecule is CC(C)(C)c1cc2c(OCC#CC#CCCCOC(=O)Nc3ccccc3)c(c1)Cc1cc(C(C)(C)C)cc(c1OCC#CC#CCCCOC(=O)Nc1ccccc1)Cc1cc(C(C)(C)C)cc(c1OCC#CC#CCCCOC(=O)Nc1ccccc1)Cc1cc(C(C)(C)C)cc(c1OCC#CC#CCCCOC(=O)Nc1ccccc1)C2. The van der Waals surface area contributed by atoms with Crippen LogP contribution in [0.4, 0.5) is 41.9 Å². The summed E-state index contributed by atoms with van der Waals surface area (Å²) in [4.78, 5) is 49.9. The van der Waals surface area contributed by atoms with Crippen LogP contribution in [0.25, 0.3) is 0 Å². The van der Waals surface area contributed by atoms with Crippen LogP contribution < -0.4 is 40.2 Å². The molecule has 0 saturated heterocycles. The highest BCUT2D eigenvalue weighted by Gasteiger charge is 2.30. The van der Waals surface area contributed by atoms with Gasteiger partial charge in [0.05, 0.1) is 26.4 Å². The average molecular weight is 1610 g/mol. The molecule has 8 aromatic rings. The lowest BCUT2D eigenvalue weighted by Crippen LogP contribution is -2.18. The number of para-hydroxylation sites is 4. The van der Waals surface area contributed by atoms with Crippen molar-refractivity contribution in [2.45, 2.75) is 182 Å². The summed E-state index contributed by atoms with van der Waals surface area (Å²) in [5, 5.41) is 11.0. The van der Waals surface area contributed by atoms with E-state index in [0.717, 1.165) is 66.8 Å². The third-order valence-corrected chi connectivity index (χ3v) is 18.9. The van der Waals surface area contributed by atoms with Crippen molar-refractivity contribution in [1.29, 1.82) is 0 Å². The van der Waals surface area contributed by atoms with E-state index in [4.69, 9.17) is 37.9 Å². The standard InChI is InChI=1S/C104H108N4O12/c1-101(2,3)85-69-77-65-79-71-86(102(4,5)6)73-81(94(79)114-58-42-22-14-18-26-46-62-118-98(110)106-90-51-35-30-36-52-90)67-83-75-88(104(10,11)12)76-84(96(83)116-60-44-24-16-20-28-48-64-120-100(112)108-92-55-39-32-40-56-92)68-82-74-87(103(7,8)9)72-80(95(82)115-59-43-23-15-19-27-47-63-119-99(111)107-91-53-37-31-38-54-91)66-78(70-85)93(77)113-57-41-21-13-17-25-45-61-117-97(109)105-89-49-33-29-34-50-89/h29-40,49-56,69-76H,25-28,45-48,57-68H2,1-12H3,(H,105,109)(H,106,110)(H,107,111)(H,108,112). The molecule has 8 bridgehead atoms. The second-order valence-corrected chi connectivity index (χ2v) is 32.7. The van der Waals surface area contributed by atoms with Gasteiger partial charge in [-0.05, 0) is 234 Å². The van der Waals surface area contributed by atoms with Crippen molar-refractivity contribution in [2.24, 2.45) is 0 Å². The number of anilines is 4. The van der Waals surface area contributed by atoms with Crippen molar-refractivity contribution in [3.8, 4) is 118 Å². The van der Waals surface area contributed by atoms with Gasteiger partial charge in [0.2, 0.25) is 0 Å². The number of fused-ring (bicyclic) bond motifs is 8. The molecule has 0 aromatic heterocycles. The predicted octanol–water partition coefficient (Wildman–Crippen LogP) is 21.2. The third kappa shape index (κ3) is 30.9. The largest absolute Gasteiger partial charge is 0.480 e. The van der Waals surface area contributed by atoms with E-state index in [1.54, 1.807) is 48.5 Å². The van der Waals surface area contributed by atoms with Gasteiger partial charge in [0.1, 0.15) is 49.4 Å². The number of hydrogen-bond acceptors (Lipinski definition) is 12. The smallest absolute Gasteiger partial charge is 0.411 e. The van der Waals surface area contributed by atoms with Gasteiger partial charge in [0.25, 0.3) is 0 Å². The van der Waals surface area contributed by atoms with Crippen LogP contribution in [-0.2, 0) is 66.3 Å². The Hall–Kier alpha value is -13.5. The van der Waals surface area contributed by atoms with Crippen LogP contribution >= 0.6 is 0 Å². The van der Waals surface area contributed by atoms with Crippen LogP contribution in [0.3, 0.4) is 0 Å². The lowest BCUT2D eigenvalue weighted by atomic mass is 9.79. The highest BCUT2D eigenvalue weighted by Crippen LogP contribution is 2.45. The Morgan fingerprint density at radius 1 is 0.267 bits per heavy atom. The summed E-state index contributed by atoms with van der Waals surface area (Å²) in [5.41, 5.74) is 12.7. The molecule has 9 rings (SSSR count). The van der Waals surface area contributed by atoms with Gasteiger partial charge in [-0.15, -0.1) is 0 Å². The van der Waals surface area contributed by atoms with Crippen LogP contribution in [0.5, 0.6) is 23.0 Å². The first-order valence-electron chi connectivity index (χ1n) is 40.7. The first kappa shape index (κ1) is 90.4. The Bertz CT molecular complexity index is 4630. The summed E-state index contributed by atoms with van der Waals surface area (Å²) < 4.78 is 50.2. The highest BCUT2D eigenvalue weighted by molar-refractivity contribution is 5.86. The summed E-state index contributed by atoms with van der Waals surface area (Å²) >= 11 is 0. The normalized spacial score (nSPS) is 11.2. The highest BCUT2D eigenvalue weighted by atomic mass is 16.6. The quantitative estimate of drug-likeness (QED) is 0.0255. The van der Waals surface area contributed by atoms with E-state index < -0.39 is 24.4 Å². The van der Waals surface area contributed by atoms with Gasteiger partial charge in [-0.25, -0.2) is 19.2 Å². The molecule has 0 aliphatic heterocycles. The van der Waals surface area contributed by atoms with E-state index in [1.165, 1.54) is 0 Å². The molecule has 0 spiro atoms. The molecule has 0 atom stereocenters. The fraction of sp³-hybridized carbons (Fsp3) is 0.346. The first-order chi connectivity index (χ1) is 57.7. The maximum Gasteiger partial charge on any atom is 0.411 e. The number of unbranched alkanes of at least 4 members (excludes halogenated alkanes) is 4. The second kappa shape index (κ2) is 45.9. The number of nitrogens with one attached hydrogen (secondary N) is 4. The summed E-state index contributed by atoms with van der Waals surface area (Å²) in [5.74, 6) is 52.1. The molecular weight excluding hydrogens is 1500 g/mol. The molecular formula is C104H108N4O12. The molecule has 616 valence electrons. The molecule has 0 heterocycles. The lowest BCUT2D eigenvalue weighted by molar-refractivity contribution is 0.160. The minimum atomic E-state index is -0.534. The summed E-state index contributed by atoms with van der Waals surface area (Å²) in [6.45, 7) is 27.3. The number of rotatable bonds is 24. The van der Waals surface area contributed by atoms with Crippen molar-refractivity contribution in [2.75, 3.05) is 74.1 Å². The minimum Gasteiger partial charge on any atom is -0.480 e. The van der Waals surface area contributed by atoms with E-state index in [0.29, 0.717) is 123 Å². The Morgan fingerprint density at radius 3 is 0.617 bits per heavy atom. The maximum atomic E-state index is 12.5. The van der Waals surface area contributed by atoms with Gasteiger partial charge in [0, 0.05) is 74.1 Å². The number of hydrogen-bond donors (Lipinski definition) is 4. The zero-order valence-corrected chi connectivity index (χ0v) is 71.2. The fourth-order valence-electron chi connectivity index (χ4n) is 12.5. The second-order valence-electron chi connectivity index (χ2n) is 32.7. The molecule has 0 fully saturated rings. The molecule has 4 N–H and O–H groups in total. The number of carbonyl (C=O) groups excluding carboxylic acids is 4. The van der Waals surface area contributed by atoms with Gasteiger partial charge in [0.15, 0.2) is 0 Å². The molecule has 8 aromatic carbocycles. The molecule has 0 unspecified atom stereocenters. The van der Waals surface area contributed by atoms with Crippen LogP contribution in [0.2, 0.25) is 0 Å². The molecule has 4 amide bonds. The zero-order chi connectivity index (χ0) is 85.6. The summed E-state index contributed by atoms with van der Waals surface area (Å²) in [6.07, 6.45) is 3.17. The molecule has 1 aliphatic carbocycles. The molecule has 16 nitrogen and oxygen atoms in total. The third-order valence-electron chi connectivity index (χ3n) is 18.9. The Morgan fingerprint density at radius 2 is 0.442 bits per heavy atom. The van der Waals surface area contributed by atoms with Crippen molar-refractivity contribution in [1.82, 2.24) is 0 Å². The van der Waals surface area contributed by atoms with E-state index in [9.17, 15) is 19.2 Å². The Labute approximate surface area is 710 Å². The molecule has 120 heavy (non-hydrogen) atoms. The predicted molar refractivity (Wildman–Crippen MR) is 479 cm³/mol. The number of ether oxygens (including phenoxy) is 8. The van der Waals surface area contributed by atoms with Crippen molar-refractivity contribution < 1.29 is 57.1 Å². The van der Waals surface area contributed by atoms with Gasteiger partial charge >= 0.3 is 24.4 Å². The van der Waals surface area contributed by atoms with Gasteiger partial charge < -0.3 is 37.9 Å². The van der Waals surface area contributed by atoms with Crippen LogP contribution in [0.15, 0.2) is 170 Å². The summed E-state index contributed by atoms with van der Waals surface area (Å²) in [7, 11) is 0. The topological polar surface area (TPSA) is 190 Å². The van der Waals surface area contributed by atoms with Crippen LogP contribution in [0, 0.1) is 94.7 Å². The van der Waals surface area contributed by atoms with Crippen LogP contribution in [0.1, 0.15) is 201 Å². The minimum absolute atomic E-state index is 0.00282. The monoisotopic (exact) mass is 1600 g/mol. The lowest BCUT2D eigenvalue weighted by Gasteiger charge is -2.29. The molecule has 16 heteroatoms. The van der Waals surface area contributed by atoms with E-state index in [-0.39, 0.29) is 74.5 Å².